The number of benzene rings is 4. The zero-order valence-electron chi connectivity index (χ0n) is 29.4. The van der Waals surface area contributed by atoms with Crippen LogP contribution in [0.3, 0.4) is 0 Å². The molecule has 0 saturated carbocycles. The van der Waals surface area contributed by atoms with Gasteiger partial charge in [-0.2, -0.15) is 17.2 Å². The summed E-state index contributed by atoms with van der Waals surface area (Å²) in [4.78, 5) is 4.81. The molecular weight excluding hydrogens is 695 g/mol. The zero-order valence-corrected chi connectivity index (χ0v) is 31.0. The van der Waals surface area contributed by atoms with Crippen LogP contribution < -0.4 is 4.74 Å². The van der Waals surface area contributed by atoms with Crippen molar-refractivity contribution in [3.8, 4) is 34.1 Å². The molecule has 0 unspecified atom stereocenters. The van der Waals surface area contributed by atoms with Crippen molar-refractivity contribution in [2.75, 3.05) is 0 Å². The molecule has 0 spiro atoms. The number of hydrogen-bond donors (Lipinski definition) is 0. The molecule has 5 nitrogen and oxygen atoms in total. The van der Waals surface area contributed by atoms with Crippen LogP contribution in [-0.2, 0) is 25.8 Å². The zero-order chi connectivity index (χ0) is 33.7. The van der Waals surface area contributed by atoms with Crippen LogP contribution in [0.1, 0.15) is 82.8 Å². The number of ether oxygens (including phenoxy) is 1. The van der Waals surface area contributed by atoms with Gasteiger partial charge in [-0.15, -0.1) is 35.7 Å². The van der Waals surface area contributed by atoms with Crippen molar-refractivity contribution >= 4 is 21.8 Å². The standard InChI is InChI=1S/C43H42N4O.Pd/c1-27(2)41-40(30-18-16-29(5)17-19-30)42(28(3)4)47(45-41)32-12-11-13-33(25-32)48-34-20-21-36-35-14-9-10-15-37(35)46(38(36)26-34)39-24-31(22-23-44-39)43(6,7)8;/h9-24,27-28H,1-8H3;/q-2;+2. The fraction of sp³-hybridized carbons (Fsp3) is 0.256. The molecule has 0 aliphatic heterocycles. The van der Waals surface area contributed by atoms with Gasteiger partial charge in [0.05, 0.1) is 11.4 Å². The molecule has 0 saturated heterocycles. The summed E-state index contributed by atoms with van der Waals surface area (Å²) >= 11 is 0. The van der Waals surface area contributed by atoms with E-state index in [0.29, 0.717) is 11.5 Å². The Labute approximate surface area is 303 Å². The molecule has 7 rings (SSSR count). The second kappa shape index (κ2) is 13.4. The number of para-hydroxylation sites is 1. The number of pyridine rings is 1. The molecule has 250 valence electrons. The Morgan fingerprint density at radius 1 is 0.755 bits per heavy atom. The van der Waals surface area contributed by atoms with Gasteiger partial charge in [0, 0.05) is 28.8 Å². The largest absolute Gasteiger partial charge is 2.00 e. The van der Waals surface area contributed by atoms with Crippen LogP contribution in [0, 0.1) is 19.1 Å². The SMILES string of the molecule is Cc1ccc(-c2c(C(C)C)nn(-c3[c-]c(Oc4[c-]c5c(cc4)c4ccccc4n5-c4cc(C(C)(C)C)ccn4)ccc3)c2C(C)C)cc1.[Pd+2]. The maximum absolute atomic E-state index is 6.51. The van der Waals surface area contributed by atoms with Gasteiger partial charge in [0.1, 0.15) is 5.82 Å². The molecule has 3 heterocycles. The molecule has 0 radical (unpaired) electrons. The summed E-state index contributed by atoms with van der Waals surface area (Å²) in [5, 5.41) is 7.44. The van der Waals surface area contributed by atoms with E-state index in [1.165, 1.54) is 27.9 Å². The average Bonchev–Trinajstić information content (AvgIpc) is 3.62. The Kier molecular flexibility index (Phi) is 9.42. The van der Waals surface area contributed by atoms with Crippen molar-refractivity contribution in [2.24, 2.45) is 0 Å². The van der Waals surface area contributed by atoms with Crippen molar-refractivity contribution in [3.05, 3.63) is 132 Å². The molecule has 0 bridgehead atoms. The Morgan fingerprint density at radius 3 is 2.20 bits per heavy atom. The van der Waals surface area contributed by atoms with Gasteiger partial charge in [0.15, 0.2) is 0 Å². The van der Waals surface area contributed by atoms with E-state index in [9.17, 15) is 0 Å². The molecule has 0 fully saturated rings. The normalized spacial score (nSPS) is 11.9. The molecule has 0 amide bonds. The van der Waals surface area contributed by atoms with Crippen molar-refractivity contribution in [2.45, 2.75) is 72.6 Å². The summed E-state index contributed by atoms with van der Waals surface area (Å²) in [7, 11) is 0. The molecule has 0 N–H and O–H groups in total. The van der Waals surface area contributed by atoms with Gasteiger partial charge in [-0.3, -0.25) is 4.68 Å². The monoisotopic (exact) mass is 736 g/mol. The van der Waals surface area contributed by atoms with Gasteiger partial charge in [0.25, 0.3) is 0 Å². The number of aryl methyl sites for hydroxylation is 1. The Balaban J connectivity index is 0.00000417. The second-order valence-electron chi connectivity index (χ2n) is 14.3. The van der Waals surface area contributed by atoms with E-state index in [-0.39, 0.29) is 37.7 Å². The van der Waals surface area contributed by atoms with E-state index < -0.39 is 0 Å². The molecular formula is C43H42N4OPd. The minimum atomic E-state index is -0.00384. The van der Waals surface area contributed by atoms with E-state index in [2.05, 4.69) is 144 Å². The van der Waals surface area contributed by atoms with E-state index in [0.717, 1.165) is 39.0 Å². The van der Waals surface area contributed by atoms with Gasteiger partial charge >= 0.3 is 20.4 Å². The first kappa shape index (κ1) is 34.4. The molecule has 0 atom stereocenters. The maximum Gasteiger partial charge on any atom is 2.00 e. The fourth-order valence-corrected chi connectivity index (χ4v) is 6.50. The summed E-state index contributed by atoms with van der Waals surface area (Å²) in [6.45, 7) is 17.7. The van der Waals surface area contributed by atoms with Gasteiger partial charge in [-0.25, -0.2) is 4.98 Å². The third-order valence-electron chi connectivity index (χ3n) is 8.98. The third kappa shape index (κ3) is 6.48. The van der Waals surface area contributed by atoms with Crippen LogP contribution in [0.25, 0.3) is 44.4 Å². The van der Waals surface area contributed by atoms with Crippen LogP contribution in [0.5, 0.6) is 11.5 Å². The summed E-state index contributed by atoms with van der Waals surface area (Å²) < 4.78 is 10.8. The summed E-state index contributed by atoms with van der Waals surface area (Å²) in [6, 6.07) is 38.7. The van der Waals surface area contributed by atoms with Gasteiger partial charge in [-0.1, -0.05) is 102 Å². The van der Waals surface area contributed by atoms with Crippen molar-refractivity contribution in [1.29, 1.82) is 0 Å². The van der Waals surface area contributed by atoms with Crippen LogP contribution >= 0.6 is 0 Å². The smallest absolute Gasteiger partial charge is 0.509 e. The number of fused-ring (bicyclic) bond motifs is 3. The van der Waals surface area contributed by atoms with Gasteiger partial charge < -0.3 is 9.30 Å². The predicted octanol–water partition coefficient (Wildman–Crippen LogP) is 11.3. The van der Waals surface area contributed by atoms with Gasteiger partial charge in [0.2, 0.25) is 0 Å². The van der Waals surface area contributed by atoms with Crippen molar-refractivity contribution in [3.63, 3.8) is 0 Å². The quantitative estimate of drug-likeness (QED) is 0.121. The summed E-state index contributed by atoms with van der Waals surface area (Å²) in [5.41, 5.74) is 9.94. The fourth-order valence-electron chi connectivity index (χ4n) is 6.50. The first-order chi connectivity index (χ1) is 23.0. The Hall–Kier alpha value is -4.50. The summed E-state index contributed by atoms with van der Waals surface area (Å²) in [5.74, 6) is 2.57. The van der Waals surface area contributed by atoms with Crippen LogP contribution in [-0.4, -0.2) is 19.3 Å². The molecule has 7 aromatic rings. The minimum Gasteiger partial charge on any atom is -0.509 e. The number of rotatable bonds is 7. The van der Waals surface area contributed by atoms with Gasteiger partial charge in [-0.05, 0) is 64.6 Å². The first-order valence-electron chi connectivity index (χ1n) is 16.8. The van der Waals surface area contributed by atoms with E-state index in [4.69, 9.17) is 14.8 Å². The van der Waals surface area contributed by atoms with Crippen LogP contribution in [0.4, 0.5) is 0 Å². The maximum atomic E-state index is 6.51. The number of aromatic nitrogens is 4. The number of nitrogens with zero attached hydrogens (tertiary/aromatic N) is 4. The topological polar surface area (TPSA) is 44.9 Å². The summed E-state index contributed by atoms with van der Waals surface area (Å²) in [6.07, 6.45) is 1.90. The molecule has 3 aromatic heterocycles. The first-order valence-corrected chi connectivity index (χ1v) is 16.8. The van der Waals surface area contributed by atoms with Crippen LogP contribution in [0.15, 0.2) is 97.2 Å². The molecule has 0 aliphatic carbocycles. The van der Waals surface area contributed by atoms with Crippen LogP contribution in [0.2, 0.25) is 0 Å². The minimum absolute atomic E-state index is 0. The van der Waals surface area contributed by atoms with Crippen molar-refractivity contribution in [1.82, 2.24) is 19.3 Å². The number of hydrogen-bond acceptors (Lipinski definition) is 3. The molecule has 4 aromatic carbocycles. The van der Waals surface area contributed by atoms with E-state index >= 15 is 0 Å². The second-order valence-corrected chi connectivity index (χ2v) is 14.3. The predicted molar refractivity (Wildman–Crippen MR) is 197 cm³/mol. The van der Waals surface area contributed by atoms with E-state index in [1.807, 2.05) is 30.5 Å². The van der Waals surface area contributed by atoms with E-state index in [1.54, 1.807) is 0 Å². The molecule has 49 heavy (non-hydrogen) atoms. The Morgan fingerprint density at radius 2 is 1.49 bits per heavy atom. The molecule has 0 aliphatic rings. The third-order valence-corrected chi connectivity index (χ3v) is 8.98. The van der Waals surface area contributed by atoms with Crippen molar-refractivity contribution < 1.29 is 25.2 Å². The average molecular weight is 737 g/mol. The Bertz CT molecular complexity index is 2270. The molecule has 6 heteroatoms.